The fraction of sp³-hybridized carbons (Fsp3) is 0.211. The van der Waals surface area contributed by atoms with E-state index in [-0.39, 0.29) is 6.42 Å². The Hall–Kier alpha value is -3.35. The first-order chi connectivity index (χ1) is 12.7. The van der Waals surface area contributed by atoms with Crippen LogP contribution in [0.25, 0.3) is 10.9 Å². The van der Waals surface area contributed by atoms with Crippen LogP contribution in [0.1, 0.15) is 12.0 Å². The van der Waals surface area contributed by atoms with Crippen molar-refractivity contribution >= 4 is 28.4 Å². The number of ether oxygens (including phenoxy) is 2. The third kappa shape index (κ3) is 3.37. The van der Waals surface area contributed by atoms with Crippen LogP contribution in [0.4, 0.5) is 11.5 Å². The molecule has 0 saturated heterocycles. The molecule has 2 aromatic carbocycles. The predicted molar refractivity (Wildman–Crippen MR) is 96.2 cm³/mol. The molecule has 7 nitrogen and oxygen atoms in total. The van der Waals surface area contributed by atoms with E-state index in [4.69, 9.17) is 14.6 Å². The molecule has 0 bridgehead atoms. The summed E-state index contributed by atoms with van der Waals surface area (Å²) in [6, 6.07) is 11.4. The van der Waals surface area contributed by atoms with Crippen molar-refractivity contribution in [2.45, 2.75) is 12.8 Å². The molecule has 0 radical (unpaired) electrons. The number of carboxylic acid groups (broad SMARTS) is 1. The van der Waals surface area contributed by atoms with Gasteiger partial charge in [-0.25, -0.2) is 9.97 Å². The molecule has 0 unspecified atom stereocenters. The first-order valence-corrected chi connectivity index (χ1v) is 8.31. The molecule has 1 aliphatic rings. The Labute approximate surface area is 149 Å². The van der Waals surface area contributed by atoms with Gasteiger partial charge < -0.3 is 19.9 Å². The summed E-state index contributed by atoms with van der Waals surface area (Å²) >= 11 is 0. The third-order valence-electron chi connectivity index (χ3n) is 4.14. The smallest absolute Gasteiger partial charge is 0.303 e. The van der Waals surface area contributed by atoms with Crippen LogP contribution in [-0.2, 0) is 11.2 Å². The summed E-state index contributed by atoms with van der Waals surface area (Å²) in [4.78, 5) is 19.3. The second kappa shape index (κ2) is 6.87. The van der Waals surface area contributed by atoms with E-state index in [9.17, 15) is 4.79 Å². The molecule has 3 aromatic rings. The van der Waals surface area contributed by atoms with E-state index in [1.54, 1.807) is 0 Å². The number of nitrogens with zero attached hydrogens (tertiary/aromatic N) is 2. The first-order valence-electron chi connectivity index (χ1n) is 8.31. The number of hydrogen-bond acceptors (Lipinski definition) is 6. The van der Waals surface area contributed by atoms with Crippen LogP contribution in [0.3, 0.4) is 0 Å². The van der Waals surface area contributed by atoms with Crippen molar-refractivity contribution in [3.05, 3.63) is 48.3 Å². The van der Waals surface area contributed by atoms with Crippen molar-refractivity contribution in [3.8, 4) is 11.5 Å². The molecule has 7 heteroatoms. The van der Waals surface area contributed by atoms with Crippen molar-refractivity contribution < 1.29 is 19.4 Å². The molecule has 0 saturated carbocycles. The number of hydrogen-bond donors (Lipinski definition) is 2. The highest BCUT2D eigenvalue weighted by molar-refractivity contribution is 5.93. The number of rotatable bonds is 5. The van der Waals surface area contributed by atoms with Gasteiger partial charge in [0.15, 0.2) is 11.5 Å². The summed E-state index contributed by atoms with van der Waals surface area (Å²) in [5.74, 6) is 1.25. The highest BCUT2D eigenvalue weighted by Crippen LogP contribution is 2.36. The van der Waals surface area contributed by atoms with Crippen molar-refractivity contribution in [1.29, 1.82) is 0 Å². The van der Waals surface area contributed by atoms with Crippen LogP contribution in [0.5, 0.6) is 11.5 Å². The predicted octanol–water partition coefficient (Wildman–Crippen LogP) is 3.16. The van der Waals surface area contributed by atoms with Gasteiger partial charge in [-0.1, -0.05) is 12.1 Å². The molecular formula is C19H17N3O4. The Morgan fingerprint density at radius 3 is 2.54 bits per heavy atom. The number of anilines is 2. The molecule has 0 spiro atoms. The molecule has 0 aliphatic carbocycles. The van der Waals surface area contributed by atoms with Crippen LogP contribution in [-0.4, -0.2) is 34.3 Å². The van der Waals surface area contributed by atoms with Crippen LogP contribution in [0.2, 0.25) is 0 Å². The van der Waals surface area contributed by atoms with E-state index in [1.165, 1.54) is 6.33 Å². The number of carbonyl (C=O) groups is 1. The van der Waals surface area contributed by atoms with Crippen molar-refractivity contribution in [3.63, 3.8) is 0 Å². The number of aromatic nitrogens is 2. The normalized spacial score (nSPS) is 12.8. The van der Waals surface area contributed by atoms with Crippen molar-refractivity contribution in [1.82, 2.24) is 9.97 Å². The Morgan fingerprint density at radius 1 is 1.08 bits per heavy atom. The largest absolute Gasteiger partial charge is 0.486 e. The maximum atomic E-state index is 10.7. The van der Waals surface area contributed by atoms with Gasteiger partial charge in [-0.2, -0.15) is 0 Å². The first kappa shape index (κ1) is 16.1. The minimum absolute atomic E-state index is 0.122. The second-order valence-electron chi connectivity index (χ2n) is 5.95. The lowest BCUT2D eigenvalue weighted by Crippen LogP contribution is -2.15. The summed E-state index contributed by atoms with van der Waals surface area (Å²) < 4.78 is 11.2. The van der Waals surface area contributed by atoms with Gasteiger partial charge in [0.2, 0.25) is 0 Å². The van der Waals surface area contributed by atoms with Gasteiger partial charge in [0.05, 0.1) is 5.52 Å². The highest BCUT2D eigenvalue weighted by atomic mass is 16.6. The second-order valence-corrected chi connectivity index (χ2v) is 5.95. The minimum atomic E-state index is -0.797. The summed E-state index contributed by atoms with van der Waals surface area (Å²) in [5.41, 5.74) is 2.61. The fourth-order valence-corrected chi connectivity index (χ4v) is 2.84. The van der Waals surface area contributed by atoms with Crippen molar-refractivity contribution in [2.24, 2.45) is 0 Å². The third-order valence-corrected chi connectivity index (χ3v) is 4.14. The van der Waals surface area contributed by atoms with Crippen LogP contribution < -0.4 is 14.8 Å². The molecule has 1 aliphatic heterocycles. The number of aryl methyl sites for hydroxylation is 1. The molecule has 1 aromatic heterocycles. The number of carboxylic acids is 1. The Morgan fingerprint density at radius 2 is 1.81 bits per heavy atom. The minimum Gasteiger partial charge on any atom is -0.486 e. The number of aliphatic carboxylic acids is 1. The van der Waals surface area contributed by atoms with E-state index in [2.05, 4.69) is 15.3 Å². The van der Waals surface area contributed by atoms with Crippen LogP contribution in [0.15, 0.2) is 42.7 Å². The van der Waals surface area contributed by atoms with Gasteiger partial charge in [-0.3, -0.25) is 4.79 Å². The molecule has 0 atom stereocenters. The van der Waals surface area contributed by atoms with E-state index in [0.717, 1.165) is 22.2 Å². The lowest BCUT2D eigenvalue weighted by atomic mass is 10.1. The molecule has 2 N–H and O–H groups in total. The average molecular weight is 351 g/mol. The fourth-order valence-electron chi connectivity index (χ4n) is 2.84. The Bertz CT molecular complexity index is 957. The standard InChI is InChI=1S/C19H17N3O4/c23-18(24)6-3-12-1-4-13(5-2-12)22-19-14-9-16-17(26-8-7-25-16)10-15(14)20-11-21-19/h1-2,4-5,9-11H,3,6-8H2,(H,23,24)(H,20,21,22). The van der Waals surface area contributed by atoms with Gasteiger partial charge in [0, 0.05) is 23.6 Å². The van der Waals surface area contributed by atoms with Crippen LogP contribution >= 0.6 is 0 Å². The molecule has 4 rings (SSSR count). The highest BCUT2D eigenvalue weighted by Gasteiger charge is 2.15. The number of nitrogens with one attached hydrogen (secondary N) is 1. The Balaban J connectivity index is 1.59. The topological polar surface area (TPSA) is 93.6 Å². The average Bonchev–Trinajstić information content (AvgIpc) is 2.66. The van der Waals surface area contributed by atoms with E-state index in [1.807, 2.05) is 36.4 Å². The van der Waals surface area contributed by atoms with E-state index in [0.29, 0.717) is 37.0 Å². The van der Waals surface area contributed by atoms with E-state index < -0.39 is 5.97 Å². The monoisotopic (exact) mass is 351 g/mol. The molecule has 26 heavy (non-hydrogen) atoms. The van der Waals surface area contributed by atoms with Gasteiger partial charge >= 0.3 is 5.97 Å². The van der Waals surface area contributed by atoms with E-state index >= 15 is 0 Å². The summed E-state index contributed by atoms with van der Waals surface area (Å²) in [6.07, 6.45) is 2.13. The summed E-state index contributed by atoms with van der Waals surface area (Å²) in [6.45, 7) is 1.05. The molecule has 132 valence electrons. The molecule has 0 amide bonds. The quantitative estimate of drug-likeness (QED) is 0.729. The van der Waals surface area contributed by atoms with Gasteiger partial charge in [-0.05, 0) is 30.2 Å². The van der Waals surface area contributed by atoms with Crippen molar-refractivity contribution in [2.75, 3.05) is 18.5 Å². The molecule has 0 fully saturated rings. The SMILES string of the molecule is O=C(O)CCc1ccc(Nc2ncnc3cc4c(cc23)OCCO4)cc1. The zero-order valence-corrected chi connectivity index (χ0v) is 13.9. The maximum Gasteiger partial charge on any atom is 0.303 e. The lowest BCUT2D eigenvalue weighted by Gasteiger charge is -2.19. The van der Waals surface area contributed by atoms with Gasteiger partial charge in [0.25, 0.3) is 0 Å². The molecular weight excluding hydrogens is 334 g/mol. The maximum absolute atomic E-state index is 10.7. The zero-order chi connectivity index (χ0) is 17.9. The summed E-state index contributed by atoms with van der Waals surface area (Å²) in [7, 11) is 0. The zero-order valence-electron chi connectivity index (χ0n) is 13.9. The van der Waals surface area contributed by atoms with Crippen LogP contribution in [0, 0.1) is 0 Å². The number of benzene rings is 2. The summed E-state index contributed by atoms with van der Waals surface area (Å²) in [5, 5.41) is 12.9. The number of fused-ring (bicyclic) bond motifs is 2. The van der Waals surface area contributed by atoms with Gasteiger partial charge in [-0.15, -0.1) is 0 Å². The lowest BCUT2D eigenvalue weighted by molar-refractivity contribution is -0.136. The molecule has 2 heterocycles. The van der Waals surface area contributed by atoms with Gasteiger partial charge in [0.1, 0.15) is 25.4 Å². The Kier molecular flexibility index (Phi) is 4.27.